The van der Waals surface area contributed by atoms with Crippen LogP contribution in [0, 0.1) is 17.6 Å². The Balaban J connectivity index is 1.86. The van der Waals surface area contributed by atoms with E-state index in [1.54, 1.807) is 0 Å². The summed E-state index contributed by atoms with van der Waals surface area (Å²) in [6.07, 6.45) is 4.03. The number of ether oxygens (including phenoxy) is 1. The molecule has 2 unspecified atom stereocenters. The maximum Gasteiger partial charge on any atom is 0.190 e. The second kappa shape index (κ2) is 5.45. The van der Waals surface area contributed by atoms with Gasteiger partial charge in [-0.2, -0.15) is 0 Å². The van der Waals surface area contributed by atoms with Crippen LogP contribution >= 0.6 is 0 Å². The van der Waals surface area contributed by atoms with E-state index in [1.807, 2.05) is 0 Å². The number of halogens is 2. The van der Waals surface area contributed by atoms with Gasteiger partial charge in [0.15, 0.2) is 17.4 Å². The van der Waals surface area contributed by atoms with E-state index >= 15 is 0 Å². The van der Waals surface area contributed by atoms with Crippen molar-refractivity contribution >= 4 is 0 Å². The Morgan fingerprint density at radius 3 is 2.53 bits per heavy atom. The average molecular weight is 241 g/mol. The van der Waals surface area contributed by atoms with Crippen LogP contribution in [0.25, 0.3) is 0 Å². The Morgan fingerprint density at radius 1 is 1.24 bits per heavy atom. The molecule has 0 radical (unpaired) electrons. The molecule has 4 heteroatoms. The van der Waals surface area contributed by atoms with E-state index in [0.717, 1.165) is 25.7 Å². The van der Waals surface area contributed by atoms with E-state index in [0.29, 0.717) is 12.5 Å². The zero-order valence-electron chi connectivity index (χ0n) is 9.66. The summed E-state index contributed by atoms with van der Waals surface area (Å²) in [5, 5.41) is 0. The van der Waals surface area contributed by atoms with Gasteiger partial charge in [-0.05, 0) is 37.3 Å². The second-order valence-electron chi connectivity index (χ2n) is 4.54. The molecule has 1 aliphatic rings. The van der Waals surface area contributed by atoms with Crippen molar-refractivity contribution in [2.45, 2.75) is 31.7 Å². The van der Waals surface area contributed by atoms with Crippen LogP contribution in [0.1, 0.15) is 25.7 Å². The molecular weight excluding hydrogens is 224 g/mol. The Hall–Kier alpha value is -1.16. The van der Waals surface area contributed by atoms with Gasteiger partial charge in [0, 0.05) is 6.04 Å². The van der Waals surface area contributed by atoms with Crippen molar-refractivity contribution in [3.8, 4) is 5.75 Å². The lowest BCUT2D eigenvalue weighted by atomic mass is 10.0. The van der Waals surface area contributed by atoms with Crippen LogP contribution in [0.5, 0.6) is 5.75 Å². The molecule has 2 atom stereocenters. The molecule has 1 aromatic rings. The maximum absolute atomic E-state index is 13.2. The van der Waals surface area contributed by atoms with Crippen molar-refractivity contribution < 1.29 is 13.5 Å². The number of nitrogens with two attached hydrogens (primary N) is 1. The van der Waals surface area contributed by atoms with Crippen molar-refractivity contribution in [1.82, 2.24) is 0 Å². The summed E-state index contributed by atoms with van der Waals surface area (Å²) in [5.74, 6) is -1.16. The minimum Gasteiger partial charge on any atom is -0.488 e. The van der Waals surface area contributed by atoms with Gasteiger partial charge in [0.2, 0.25) is 0 Å². The summed E-state index contributed by atoms with van der Waals surface area (Å²) in [4.78, 5) is 0. The topological polar surface area (TPSA) is 35.2 Å². The van der Waals surface area contributed by atoms with Gasteiger partial charge in [-0.15, -0.1) is 0 Å². The highest BCUT2D eigenvalue weighted by Crippen LogP contribution is 2.27. The highest BCUT2D eigenvalue weighted by atomic mass is 19.1. The third kappa shape index (κ3) is 2.94. The van der Waals surface area contributed by atoms with Crippen LogP contribution in [-0.4, -0.2) is 12.6 Å². The Kier molecular flexibility index (Phi) is 3.94. The SMILES string of the molecule is NC1CCCC1CCOc1c(F)cccc1F. The van der Waals surface area contributed by atoms with Crippen molar-refractivity contribution in [2.75, 3.05) is 6.61 Å². The molecule has 0 amide bonds. The van der Waals surface area contributed by atoms with E-state index < -0.39 is 11.6 Å². The molecule has 1 fully saturated rings. The quantitative estimate of drug-likeness (QED) is 0.879. The van der Waals surface area contributed by atoms with Crippen LogP contribution in [0.15, 0.2) is 18.2 Å². The Bertz CT molecular complexity index is 363. The number of rotatable bonds is 4. The van der Waals surface area contributed by atoms with Gasteiger partial charge in [-0.1, -0.05) is 12.5 Å². The van der Waals surface area contributed by atoms with E-state index in [2.05, 4.69) is 0 Å². The minimum absolute atomic E-state index is 0.212. The zero-order chi connectivity index (χ0) is 12.3. The molecule has 0 saturated heterocycles. The molecule has 1 saturated carbocycles. The molecule has 0 bridgehead atoms. The normalized spacial score (nSPS) is 23.9. The first-order valence-corrected chi connectivity index (χ1v) is 6.01. The van der Waals surface area contributed by atoms with Crippen molar-refractivity contribution in [3.05, 3.63) is 29.8 Å². The molecule has 1 aliphatic carbocycles. The fourth-order valence-electron chi connectivity index (χ4n) is 2.36. The summed E-state index contributed by atoms with van der Waals surface area (Å²) in [6.45, 7) is 0.316. The largest absolute Gasteiger partial charge is 0.488 e. The summed E-state index contributed by atoms with van der Waals surface area (Å²) < 4.78 is 31.6. The third-order valence-corrected chi connectivity index (χ3v) is 3.37. The molecule has 0 aromatic heterocycles. The summed E-state index contributed by atoms with van der Waals surface area (Å²) >= 11 is 0. The van der Waals surface area contributed by atoms with Crippen LogP contribution in [-0.2, 0) is 0 Å². The second-order valence-corrected chi connectivity index (χ2v) is 4.54. The molecule has 0 heterocycles. The summed E-state index contributed by atoms with van der Waals surface area (Å²) in [5.41, 5.74) is 5.91. The van der Waals surface area contributed by atoms with E-state index in [-0.39, 0.29) is 11.8 Å². The number of hydrogen-bond donors (Lipinski definition) is 1. The van der Waals surface area contributed by atoms with Crippen LogP contribution < -0.4 is 10.5 Å². The number of benzene rings is 1. The third-order valence-electron chi connectivity index (χ3n) is 3.37. The van der Waals surface area contributed by atoms with Crippen LogP contribution in [0.2, 0.25) is 0 Å². The summed E-state index contributed by atoms with van der Waals surface area (Å²) in [7, 11) is 0. The molecule has 2 rings (SSSR count). The zero-order valence-corrected chi connectivity index (χ0v) is 9.66. The predicted octanol–water partition coefficient (Wildman–Crippen LogP) is 2.86. The number of hydrogen-bond acceptors (Lipinski definition) is 2. The van der Waals surface area contributed by atoms with Crippen LogP contribution in [0.3, 0.4) is 0 Å². The lowest BCUT2D eigenvalue weighted by Crippen LogP contribution is -2.25. The monoisotopic (exact) mass is 241 g/mol. The van der Waals surface area contributed by atoms with Crippen molar-refractivity contribution in [1.29, 1.82) is 0 Å². The van der Waals surface area contributed by atoms with Gasteiger partial charge < -0.3 is 10.5 Å². The molecule has 0 aliphatic heterocycles. The fraction of sp³-hybridized carbons (Fsp3) is 0.538. The lowest BCUT2D eigenvalue weighted by molar-refractivity contribution is 0.249. The molecule has 1 aromatic carbocycles. The standard InChI is InChI=1S/C13H17F2NO/c14-10-4-2-5-11(15)13(10)17-8-7-9-3-1-6-12(9)16/h2,4-5,9,12H,1,3,6-8,16H2. The van der Waals surface area contributed by atoms with Gasteiger partial charge in [-0.3, -0.25) is 0 Å². The first kappa shape index (κ1) is 12.3. The Morgan fingerprint density at radius 2 is 1.94 bits per heavy atom. The van der Waals surface area contributed by atoms with Crippen molar-refractivity contribution in [3.63, 3.8) is 0 Å². The summed E-state index contributed by atoms with van der Waals surface area (Å²) in [6, 6.07) is 3.92. The van der Waals surface area contributed by atoms with Gasteiger partial charge in [0.1, 0.15) is 0 Å². The van der Waals surface area contributed by atoms with Gasteiger partial charge in [-0.25, -0.2) is 8.78 Å². The molecule has 2 N–H and O–H groups in total. The fourth-order valence-corrected chi connectivity index (χ4v) is 2.36. The average Bonchev–Trinajstić information content (AvgIpc) is 2.69. The van der Waals surface area contributed by atoms with Gasteiger partial charge in [0.25, 0.3) is 0 Å². The molecule has 0 spiro atoms. The predicted molar refractivity (Wildman–Crippen MR) is 61.8 cm³/mol. The molecule has 94 valence electrons. The lowest BCUT2D eigenvalue weighted by Gasteiger charge is -2.15. The highest BCUT2D eigenvalue weighted by Gasteiger charge is 2.23. The van der Waals surface area contributed by atoms with Gasteiger partial charge >= 0.3 is 0 Å². The molecular formula is C13H17F2NO. The molecule has 2 nitrogen and oxygen atoms in total. The highest BCUT2D eigenvalue weighted by molar-refractivity contribution is 5.25. The minimum atomic E-state index is -0.652. The van der Waals surface area contributed by atoms with Crippen LogP contribution in [0.4, 0.5) is 8.78 Å². The smallest absolute Gasteiger partial charge is 0.190 e. The van der Waals surface area contributed by atoms with Gasteiger partial charge in [0.05, 0.1) is 6.61 Å². The Labute approximate surface area is 99.8 Å². The number of para-hydroxylation sites is 1. The first-order chi connectivity index (χ1) is 8.18. The van der Waals surface area contributed by atoms with E-state index in [1.165, 1.54) is 18.2 Å². The molecule has 17 heavy (non-hydrogen) atoms. The van der Waals surface area contributed by atoms with E-state index in [4.69, 9.17) is 10.5 Å². The van der Waals surface area contributed by atoms with Crippen molar-refractivity contribution in [2.24, 2.45) is 11.7 Å². The first-order valence-electron chi connectivity index (χ1n) is 6.01. The van der Waals surface area contributed by atoms with E-state index in [9.17, 15) is 8.78 Å². The maximum atomic E-state index is 13.2.